The normalized spacial score (nSPS) is 17.4. The smallest absolute Gasteiger partial charge is 0.243 e. The molecule has 0 aromatic carbocycles. The van der Waals surface area contributed by atoms with E-state index in [0.717, 1.165) is 44.1 Å². The zero-order chi connectivity index (χ0) is 17.6. The SMILES string of the molecule is CCc1noc([C@H](C)N2CCN(CC(=O)Nc3cccnc3)CC2)n1. The summed E-state index contributed by atoms with van der Waals surface area (Å²) in [7, 11) is 0. The third-order valence-electron chi connectivity index (χ3n) is 4.42. The van der Waals surface area contributed by atoms with Crippen molar-refractivity contribution >= 4 is 11.6 Å². The van der Waals surface area contributed by atoms with E-state index in [1.807, 2.05) is 13.0 Å². The van der Waals surface area contributed by atoms with Gasteiger partial charge >= 0.3 is 0 Å². The lowest BCUT2D eigenvalue weighted by molar-refractivity contribution is -0.117. The van der Waals surface area contributed by atoms with Gasteiger partial charge in [0.2, 0.25) is 11.8 Å². The van der Waals surface area contributed by atoms with E-state index in [9.17, 15) is 4.79 Å². The summed E-state index contributed by atoms with van der Waals surface area (Å²) >= 11 is 0. The maximum atomic E-state index is 12.1. The number of aryl methyl sites for hydroxylation is 1. The summed E-state index contributed by atoms with van der Waals surface area (Å²) in [5.41, 5.74) is 0.725. The molecule has 0 unspecified atom stereocenters. The van der Waals surface area contributed by atoms with Gasteiger partial charge in [0.1, 0.15) is 0 Å². The largest absolute Gasteiger partial charge is 0.338 e. The molecule has 2 aromatic heterocycles. The summed E-state index contributed by atoms with van der Waals surface area (Å²) in [6.07, 6.45) is 4.10. The van der Waals surface area contributed by atoms with Crippen molar-refractivity contribution in [1.82, 2.24) is 24.9 Å². The standard InChI is InChI=1S/C17H24N6O2/c1-3-15-20-17(25-21-15)13(2)23-9-7-22(8-10-23)12-16(24)19-14-5-4-6-18-11-14/h4-6,11,13H,3,7-10,12H2,1-2H3,(H,19,24)/t13-/m0/s1. The van der Waals surface area contributed by atoms with Gasteiger partial charge in [-0.2, -0.15) is 4.98 Å². The van der Waals surface area contributed by atoms with E-state index in [1.165, 1.54) is 0 Å². The lowest BCUT2D eigenvalue weighted by Crippen LogP contribution is -2.49. The van der Waals surface area contributed by atoms with Gasteiger partial charge in [-0.1, -0.05) is 12.1 Å². The number of anilines is 1. The number of hydrogen-bond donors (Lipinski definition) is 1. The molecule has 1 saturated heterocycles. The Bertz CT molecular complexity index is 681. The van der Waals surface area contributed by atoms with Crippen LogP contribution in [0.3, 0.4) is 0 Å². The molecule has 8 nitrogen and oxygen atoms in total. The average Bonchev–Trinajstić information content (AvgIpc) is 3.12. The van der Waals surface area contributed by atoms with Crippen LogP contribution in [0, 0.1) is 0 Å². The lowest BCUT2D eigenvalue weighted by Gasteiger charge is -2.36. The van der Waals surface area contributed by atoms with Crippen LogP contribution in [0.5, 0.6) is 0 Å². The Hall–Kier alpha value is -2.32. The molecule has 0 radical (unpaired) electrons. The lowest BCUT2D eigenvalue weighted by atomic mass is 10.2. The molecule has 1 atom stereocenters. The molecule has 0 saturated carbocycles. The van der Waals surface area contributed by atoms with E-state index >= 15 is 0 Å². The van der Waals surface area contributed by atoms with Crippen molar-refractivity contribution in [2.75, 3.05) is 38.0 Å². The first-order valence-electron chi connectivity index (χ1n) is 8.64. The first-order valence-corrected chi connectivity index (χ1v) is 8.64. The van der Waals surface area contributed by atoms with Gasteiger partial charge in [0.15, 0.2) is 5.82 Å². The molecule has 2 aromatic rings. The number of hydrogen-bond acceptors (Lipinski definition) is 7. The number of carbonyl (C=O) groups excluding carboxylic acids is 1. The zero-order valence-electron chi connectivity index (χ0n) is 14.7. The second-order valence-electron chi connectivity index (χ2n) is 6.18. The Kier molecular flexibility index (Phi) is 5.72. The van der Waals surface area contributed by atoms with Crippen LogP contribution in [0.15, 0.2) is 29.0 Å². The number of carbonyl (C=O) groups is 1. The van der Waals surface area contributed by atoms with E-state index in [-0.39, 0.29) is 11.9 Å². The average molecular weight is 344 g/mol. The molecule has 1 aliphatic heterocycles. The van der Waals surface area contributed by atoms with Gasteiger partial charge in [-0.15, -0.1) is 0 Å². The minimum Gasteiger partial charge on any atom is -0.338 e. The van der Waals surface area contributed by atoms with Crippen LogP contribution < -0.4 is 5.32 Å². The molecule has 3 heterocycles. The Morgan fingerprint density at radius 3 is 2.80 bits per heavy atom. The second-order valence-corrected chi connectivity index (χ2v) is 6.18. The number of amides is 1. The van der Waals surface area contributed by atoms with Gasteiger partial charge in [0.05, 0.1) is 24.5 Å². The Morgan fingerprint density at radius 2 is 2.16 bits per heavy atom. The number of aromatic nitrogens is 3. The number of rotatable bonds is 6. The number of nitrogens with one attached hydrogen (secondary N) is 1. The third-order valence-corrected chi connectivity index (χ3v) is 4.42. The Labute approximate surface area is 147 Å². The Morgan fingerprint density at radius 1 is 1.36 bits per heavy atom. The first kappa shape index (κ1) is 17.5. The highest BCUT2D eigenvalue weighted by Gasteiger charge is 2.26. The molecule has 0 aliphatic carbocycles. The fourth-order valence-electron chi connectivity index (χ4n) is 2.89. The summed E-state index contributed by atoms with van der Waals surface area (Å²) in [6.45, 7) is 7.87. The van der Waals surface area contributed by atoms with Crippen molar-refractivity contribution in [2.45, 2.75) is 26.3 Å². The highest BCUT2D eigenvalue weighted by Crippen LogP contribution is 2.20. The third kappa shape index (κ3) is 4.61. The molecule has 8 heteroatoms. The van der Waals surface area contributed by atoms with Gasteiger partial charge in [-0.25, -0.2) is 0 Å². The van der Waals surface area contributed by atoms with E-state index in [2.05, 4.69) is 37.2 Å². The summed E-state index contributed by atoms with van der Waals surface area (Å²) in [5.74, 6) is 1.39. The first-order chi connectivity index (χ1) is 12.2. The molecule has 1 fully saturated rings. The van der Waals surface area contributed by atoms with Crippen molar-refractivity contribution in [2.24, 2.45) is 0 Å². The summed E-state index contributed by atoms with van der Waals surface area (Å²) in [5, 5.41) is 6.83. The monoisotopic (exact) mass is 344 g/mol. The predicted molar refractivity (Wildman–Crippen MR) is 93.0 cm³/mol. The van der Waals surface area contributed by atoms with E-state index in [1.54, 1.807) is 18.5 Å². The van der Waals surface area contributed by atoms with Crippen molar-refractivity contribution in [3.63, 3.8) is 0 Å². The maximum absolute atomic E-state index is 12.1. The molecular formula is C17H24N6O2. The molecule has 25 heavy (non-hydrogen) atoms. The van der Waals surface area contributed by atoms with Crippen molar-refractivity contribution in [3.8, 4) is 0 Å². The van der Waals surface area contributed by atoms with Crippen LogP contribution in [0.2, 0.25) is 0 Å². The zero-order valence-corrected chi connectivity index (χ0v) is 14.7. The maximum Gasteiger partial charge on any atom is 0.243 e. The summed E-state index contributed by atoms with van der Waals surface area (Å²) in [6, 6.07) is 3.73. The van der Waals surface area contributed by atoms with Crippen LogP contribution in [0.25, 0.3) is 0 Å². The molecular weight excluding hydrogens is 320 g/mol. The highest BCUT2D eigenvalue weighted by atomic mass is 16.5. The van der Waals surface area contributed by atoms with Crippen LogP contribution in [0.1, 0.15) is 31.6 Å². The van der Waals surface area contributed by atoms with Crippen molar-refractivity contribution in [1.29, 1.82) is 0 Å². The Balaban J connectivity index is 1.46. The molecule has 1 amide bonds. The van der Waals surface area contributed by atoms with Gasteiger partial charge in [-0.3, -0.25) is 19.6 Å². The van der Waals surface area contributed by atoms with Crippen LogP contribution in [-0.2, 0) is 11.2 Å². The second kappa shape index (κ2) is 8.17. The van der Waals surface area contributed by atoms with Crippen LogP contribution >= 0.6 is 0 Å². The number of piperazine rings is 1. The van der Waals surface area contributed by atoms with Gasteiger partial charge in [0.25, 0.3) is 0 Å². The number of pyridine rings is 1. The summed E-state index contributed by atoms with van der Waals surface area (Å²) < 4.78 is 5.34. The van der Waals surface area contributed by atoms with E-state index < -0.39 is 0 Å². The summed E-state index contributed by atoms with van der Waals surface area (Å²) in [4.78, 5) is 25.0. The molecule has 3 rings (SSSR count). The quantitative estimate of drug-likeness (QED) is 0.846. The highest BCUT2D eigenvalue weighted by molar-refractivity contribution is 5.92. The van der Waals surface area contributed by atoms with Crippen LogP contribution in [-0.4, -0.2) is 63.6 Å². The molecule has 0 spiro atoms. The van der Waals surface area contributed by atoms with Gasteiger partial charge in [0, 0.05) is 38.8 Å². The van der Waals surface area contributed by atoms with Gasteiger partial charge < -0.3 is 9.84 Å². The van der Waals surface area contributed by atoms with Crippen LogP contribution in [0.4, 0.5) is 5.69 Å². The molecule has 134 valence electrons. The fraction of sp³-hybridized carbons (Fsp3) is 0.529. The topological polar surface area (TPSA) is 87.4 Å². The van der Waals surface area contributed by atoms with Gasteiger partial charge in [-0.05, 0) is 19.1 Å². The molecule has 0 bridgehead atoms. The fourth-order valence-corrected chi connectivity index (χ4v) is 2.89. The predicted octanol–water partition coefficient (Wildman–Crippen LogP) is 1.34. The van der Waals surface area contributed by atoms with E-state index in [4.69, 9.17) is 4.52 Å². The minimum absolute atomic E-state index is 0.0148. The van der Waals surface area contributed by atoms with Crippen molar-refractivity contribution in [3.05, 3.63) is 36.2 Å². The van der Waals surface area contributed by atoms with E-state index in [0.29, 0.717) is 12.4 Å². The minimum atomic E-state index is -0.0148. The van der Waals surface area contributed by atoms with Crippen molar-refractivity contribution < 1.29 is 9.32 Å². The molecule has 1 N–H and O–H groups in total. The molecule has 1 aliphatic rings. The number of nitrogens with zero attached hydrogens (tertiary/aromatic N) is 5.